The van der Waals surface area contributed by atoms with Crippen LogP contribution in [0.4, 0.5) is 23.8 Å². The van der Waals surface area contributed by atoms with Crippen LogP contribution in [0.25, 0.3) is 10.8 Å². The molecule has 330 valence electrons. The van der Waals surface area contributed by atoms with Crippen molar-refractivity contribution >= 4 is 50.4 Å². The highest BCUT2D eigenvalue weighted by Gasteiger charge is 2.63. The normalized spacial score (nSPS) is 28.3. The zero-order valence-electron chi connectivity index (χ0n) is 35.1. The van der Waals surface area contributed by atoms with E-state index in [4.69, 9.17) is 19.2 Å². The summed E-state index contributed by atoms with van der Waals surface area (Å²) in [7, 11) is 1.05. The molecule has 3 heterocycles. The van der Waals surface area contributed by atoms with Crippen molar-refractivity contribution in [1.29, 1.82) is 0 Å². The van der Waals surface area contributed by atoms with E-state index in [0.29, 0.717) is 62.9 Å². The smallest absolute Gasteiger partial charge is 0.427 e. The number of methoxy groups -OCH3 is 1. The number of allylic oxidation sites excluding steroid dienone is 1. The number of ether oxygens (including phenoxy) is 3. The van der Waals surface area contributed by atoms with Crippen LogP contribution < -0.4 is 29.7 Å². The first kappa shape index (κ1) is 44.7. The predicted molar refractivity (Wildman–Crippen MR) is 216 cm³/mol. The molecule has 4 aliphatic rings. The minimum atomic E-state index is -4.92. The van der Waals surface area contributed by atoms with Crippen LogP contribution in [0.3, 0.4) is 0 Å². The molecule has 3 N–H and O–H groups in total. The molecule has 1 saturated heterocycles. The number of hydrogen-bond donors (Lipinski definition) is 3. The first-order chi connectivity index (χ1) is 27.9. The molecule has 1 aromatic heterocycles. The summed E-state index contributed by atoms with van der Waals surface area (Å²) in [5.41, 5.74) is -4.54. The Labute approximate surface area is 348 Å². The van der Waals surface area contributed by atoms with Crippen LogP contribution in [0, 0.1) is 17.8 Å². The first-order valence-corrected chi connectivity index (χ1v) is 21.6. The van der Waals surface area contributed by atoms with Crippen LogP contribution in [-0.2, 0) is 29.1 Å². The van der Waals surface area contributed by atoms with Crippen molar-refractivity contribution in [2.75, 3.05) is 32.6 Å². The highest BCUT2D eigenvalue weighted by molar-refractivity contribution is 7.91. The van der Waals surface area contributed by atoms with Crippen LogP contribution >= 0.6 is 0 Å². The second-order valence-corrected chi connectivity index (χ2v) is 19.9. The van der Waals surface area contributed by atoms with Gasteiger partial charge in [-0.3, -0.25) is 19.1 Å². The quantitative estimate of drug-likeness (QED) is 0.289. The number of aromatic nitrogens is 1. The molecule has 1 aromatic carbocycles. The first-order valence-electron chi connectivity index (χ1n) is 20.2. The third-order valence-corrected chi connectivity index (χ3v) is 14.4. The number of alkyl carbamates (subject to hydrolysis) is 1. The molecular formula is C41H55F3N6O9S. The Morgan fingerprint density at radius 2 is 1.78 bits per heavy atom. The van der Waals surface area contributed by atoms with Gasteiger partial charge in [-0.2, -0.15) is 18.2 Å². The van der Waals surface area contributed by atoms with Gasteiger partial charge < -0.3 is 34.6 Å². The number of benzene rings is 1. The Hall–Kier alpha value is -4.81. The fourth-order valence-corrected chi connectivity index (χ4v) is 9.15. The summed E-state index contributed by atoms with van der Waals surface area (Å²) in [5, 5.41) is 6.54. The van der Waals surface area contributed by atoms with Crippen molar-refractivity contribution in [2.24, 2.45) is 17.8 Å². The van der Waals surface area contributed by atoms with Gasteiger partial charge in [0, 0.05) is 31.8 Å². The Morgan fingerprint density at radius 1 is 1.08 bits per heavy atom. The van der Waals surface area contributed by atoms with E-state index in [-0.39, 0.29) is 31.2 Å². The predicted octanol–water partition coefficient (Wildman–Crippen LogP) is 4.98. The molecule has 6 rings (SSSR count). The molecule has 2 saturated carbocycles. The minimum absolute atomic E-state index is 0.0432. The molecule has 15 nitrogen and oxygen atoms in total. The van der Waals surface area contributed by atoms with Gasteiger partial charge in [0.1, 0.15) is 35.3 Å². The van der Waals surface area contributed by atoms with Crippen molar-refractivity contribution in [3.05, 3.63) is 36.4 Å². The van der Waals surface area contributed by atoms with Gasteiger partial charge in [-0.15, -0.1) is 0 Å². The number of nitrogens with zero attached hydrogens (tertiary/aromatic N) is 3. The summed E-state index contributed by atoms with van der Waals surface area (Å²) in [4.78, 5) is 64.3. The summed E-state index contributed by atoms with van der Waals surface area (Å²) in [6, 6.07) is 4.36. The minimum Gasteiger partial charge on any atom is -0.497 e. The molecule has 0 unspecified atom stereocenters. The summed E-state index contributed by atoms with van der Waals surface area (Å²) in [6.07, 6.45) is -1.39. The van der Waals surface area contributed by atoms with E-state index in [0.717, 1.165) is 5.39 Å². The fourth-order valence-electron chi connectivity index (χ4n) is 7.84. The number of nitrogens with one attached hydrogen (secondary N) is 3. The van der Waals surface area contributed by atoms with Crippen LogP contribution in [-0.4, -0.2) is 110 Å². The molecule has 4 amide bonds. The van der Waals surface area contributed by atoms with Gasteiger partial charge in [-0.05, 0) is 101 Å². The van der Waals surface area contributed by atoms with Crippen LogP contribution in [0.15, 0.2) is 36.4 Å². The van der Waals surface area contributed by atoms with Gasteiger partial charge in [0.05, 0.1) is 18.4 Å². The van der Waals surface area contributed by atoms with Gasteiger partial charge in [-0.25, -0.2) is 13.2 Å². The van der Waals surface area contributed by atoms with Crippen LogP contribution in [0.2, 0.25) is 0 Å². The lowest BCUT2D eigenvalue weighted by Crippen LogP contribution is -2.59. The molecule has 0 bridgehead atoms. The number of fused-ring (bicyclic) bond motifs is 3. The van der Waals surface area contributed by atoms with E-state index in [9.17, 15) is 40.8 Å². The van der Waals surface area contributed by atoms with Gasteiger partial charge in [0.2, 0.25) is 33.3 Å². The lowest BCUT2D eigenvalue weighted by molar-refractivity contribution is -0.244. The zero-order chi connectivity index (χ0) is 44.2. The second kappa shape index (κ2) is 16.2. The molecule has 19 heteroatoms. The molecule has 60 heavy (non-hydrogen) atoms. The number of rotatable bonds is 9. The van der Waals surface area contributed by atoms with E-state index < -0.39 is 85.9 Å². The van der Waals surface area contributed by atoms with E-state index in [1.807, 2.05) is 19.1 Å². The third kappa shape index (κ3) is 9.10. The highest BCUT2D eigenvalue weighted by Crippen LogP contribution is 2.48. The SMILES string of the molecule is COc1ccc2c(O[C@@H]3C[C@H]4C(=O)N[C@]5(C(=O)NS(=O)(=O)C6(C)CC6)C[C@H]5C=CCC[C@H](C)C[C@@H](C)[C@H](NC(=O)OC(C)(C)C(F)(F)F)C(=O)N4C3)nc(N(C)C)cc2c1. The lowest BCUT2D eigenvalue weighted by atomic mass is 9.88. The third-order valence-electron chi connectivity index (χ3n) is 12.3. The summed E-state index contributed by atoms with van der Waals surface area (Å²) >= 11 is 0. The van der Waals surface area contributed by atoms with Crippen LogP contribution in [0.1, 0.15) is 79.6 Å². The number of anilines is 1. The largest absolute Gasteiger partial charge is 0.497 e. The topological polar surface area (TPSA) is 186 Å². The van der Waals surface area contributed by atoms with E-state index >= 15 is 0 Å². The standard InChI is InChI=1S/C41H55F3N6O9S/c1-23-11-9-10-12-26-21-40(26,36(53)48-60(55,56)39(5)15-16-39)47-33(51)30-20-28(58-34-29-14-13-27(57-8)18-25(29)19-31(45-34)49(6)7)22-50(30)35(52)32(24(2)17-23)46-37(54)59-38(3,4)41(42,43)44/h10,12-14,18-19,23-24,26,28,30,32H,9,11,15-17,20-22H2,1-8H3,(H,46,54)(H,47,51)(H,48,53)/t23-,24+,26+,28+,30-,32-,40+/m0/s1. The van der Waals surface area contributed by atoms with E-state index in [1.165, 1.54) is 18.9 Å². The van der Waals surface area contributed by atoms with Crippen molar-refractivity contribution in [1.82, 2.24) is 25.2 Å². The number of amides is 4. The van der Waals surface area contributed by atoms with Gasteiger partial charge in [0.15, 0.2) is 0 Å². The molecule has 2 aromatic rings. The number of carbonyl (C=O) groups is 4. The van der Waals surface area contributed by atoms with Crippen molar-refractivity contribution in [3.8, 4) is 11.6 Å². The summed E-state index contributed by atoms with van der Waals surface area (Å²) < 4.78 is 85.7. The summed E-state index contributed by atoms with van der Waals surface area (Å²) in [6.45, 7) is 6.33. The second-order valence-electron chi connectivity index (χ2n) is 17.7. The maximum atomic E-state index is 14.9. The Bertz CT molecular complexity index is 2160. The molecular weight excluding hydrogens is 810 g/mol. The molecule has 7 atom stereocenters. The van der Waals surface area contributed by atoms with Crippen molar-refractivity contribution in [3.63, 3.8) is 0 Å². The Balaban J connectivity index is 1.38. The fraction of sp³-hybridized carbons (Fsp3) is 0.634. The van der Waals surface area contributed by atoms with E-state index in [2.05, 4.69) is 15.4 Å². The van der Waals surface area contributed by atoms with E-state index in [1.54, 1.807) is 50.2 Å². The van der Waals surface area contributed by atoms with Gasteiger partial charge in [0.25, 0.3) is 5.91 Å². The molecule has 3 fully saturated rings. The molecule has 0 spiro atoms. The Morgan fingerprint density at radius 3 is 2.42 bits per heavy atom. The average Bonchev–Trinajstić information content (AvgIpc) is 4.04. The number of pyridine rings is 1. The maximum Gasteiger partial charge on any atom is 0.427 e. The molecule has 0 radical (unpaired) electrons. The highest BCUT2D eigenvalue weighted by atomic mass is 32.2. The van der Waals surface area contributed by atoms with Gasteiger partial charge >= 0.3 is 12.3 Å². The number of hydrogen-bond acceptors (Lipinski definition) is 11. The number of sulfonamides is 1. The zero-order valence-corrected chi connectivity index (χ0v) is 36.0. The lowest BCUT2D eigenvalue weighted by Gasteiger charge is -2.34. The number of halogens is 3. The number of carbonyl (C=O) groups excluding carboxylic acids is 4. The molecule has 2 aliphatic heterocycles. The monoisotopic (exact) mass is 864 g/mol. The molecule has 2 aliphatic carbocycles. The average molecular weight is 865 g/mol. The maximum absolute atomic E-state index is 14.9. The van der Waals surface area contributed by atoms with Gasteiger partial charge in [-0.1, -0.05) is 26.0 Å². The Kier molecular flexibility index (Phi) is 12.1. The van der Waals surface area contributed by atoms with Crippen LogP contribution in [0.5, 0.6) is 11.6 Å². The summed E-state index contributed by atoms with van der Waals surface area (Å²) in [5.74, 6) is -2.39. The van der Waals surface area contributed by atoms with Crippen molar-refractivity contribution in [2.45, 2.75) is 120 Å². The van der Waals surface area contributed by atoms with Crippen molar-refractivity contribution < 1.29 is 55.0 Å². The number of alkyl halides is 3.